The zero-order valence-corrected chi connectivity index (χ0v) is 14.7. The summed E-state index contributed by atoms with van der Waals surface area (Å²) in [5.74, 6) is 0.666. The van der Waals surface area contributed by atoms with Gasteiger partial charge >= 0.3 is 0 Å². The molecule has 0 radical (unpaired) electrons. The third kappa shape index (κ3) is 3.77. The van der Waals surface area contributed by atoms with Crippen molar-refractivity contribution in [1.82, 2.24) is 4.98 Å². The van der Waals surface area contributed by atoms with E-state index in [0.29, 0.717) is 11.6 Å². The predicted molar refractivity (Wildman–Crippen MR) is 97.4 cm³/mol. The second kappa shape index (κ2) is 7.31. The summed E-state index contributed by atoms with van der Waals surface area (Å²) in [6.45, 7) is 1.79. The second-order valence-electron chi connectivity index (χ2n) is 5.27. The van der Waals surface area contributed by atoms with Gasteiger partial charge in [0.1, 0.15) is 5.75 Å². The fourth-order valence-electron chi connectivity index (χ4n) is 2.29. The molecular formula is C18H17N3O3S. The molecule has 6 nitrogen and oxygen atoms in total. The SMILES string of the molecule is CCC(=O)Nc1nc(-c2ccc(OC)cc2)c(-c2cc[n+]([O-])cc2)s1. The number of thiazole rings is 1. The molecule has 3 aromatic rings. The Balaban J connectivity index is 2.06. The van der Waals surface area contributed by atoms with Gasteiger partial charge in [0.2, 0.25) is 5.91 Å². The van der Waals surface area contributed by atoms with E-state index in [2.05, 4.69) is 10.3 Å². The number of nitrogens with zero attached hydrogens (tertiary/aromatic N) is 2. The van der Waals surface area contributed by atoms with Crippen molar-refractivity contribution in [3.8, 4) is 27.4 Å². The van der Waals surface area contributed by atoms with Crippen LogP contribution in [0.1, 0.15) is 13.3 Å². The van der Waals surface area contributed by atoms with Crippen molar-refractivity contribution in [1.29, 1.82) is 0 Å². The number of rotatable bonds is 5. The molecule has 0 fully saturated rings. The lowest BCUT2D eigenvalue weighted by molar-refractivity contribution is -0.605. The summed E-state index contributed by atoms with van der Waals surface area (Å²) in [6.07, 6.45) is 3.27. The molecule has 0 bridgehead atoms. The Morgan fingerprint density at radius 2 is 1.88 bits per heavy atom. The molecule has 2 heterocycles. The Morgan fingerprint density at radius 1 is 1.20 bits per heavy atom. The van der Waals surface area contributed by atoms with Crippen LogP contribution in [-0.2, 0) is 4.79 Å². The van der Waals surface area contributed by atoms with E-state index in [0.717, 1.165) is 32.2 Å². The first kappa shape index (κ1) is 16.9. The summed E-state index contributed by atoms with van der Waals surface area (Å²) in [6, 6.07) is 11.0. The van der Waals surface area contributed by atoms with Gasteiger partial charge in [-0.1, -0.05) is 18.3 Å². The number of pyridine rings is 1. The number of anilines is 1. The van der Waals surface area contributed by atoms with Gasteiger partial charge < -0.3 is 15.3 Å². The van der Waals surface area contributed by atoms with Crippen LogP contribution >= 0.6 is 11.3 Å². The van der Waals surface area contributed by atoms with E-state index >= 15 is 0 Å². The van der Waals surface area contributed by atoms with Gasteiger partial charge in [-0.2, -0.15) is 4.73 Å². The van der Waals surface area contributed by atoms with E-state index < -0.39 is 0 Å². The molecule has 0 aliphatic carbocycles. The van der Waals surface area contributed by atoms with Gasteiger partial charge in [0, 0.05) is 29.7 Å². The highest BCUT2D eigenvalue weighted by molar-refractivity contribution is 7.19. The highest BCUT2D eigenvalue weighted by Gasteiger charge is 2.17. The van der Waals surface area contributed by atoms with Crippen molar-refractivity contribution in [2.45, 2.75) is 13.3 Å². The monoisotopic (exact) mass is 355 g/mol. The zero-order valence-electron chi connectivity index (χ0n) is 13.9. The van der Waals surface area contributed by atoms with E-state index in [-0.39, 0.29) is 5.91 Å². The quantitative estimate of drug-likeness (QED) is 0.561. The minimum Gasteiger partial charge on any atom is -0.619 e. The number of hydrogen-bond donors (Lipinski definition) is 1. The molecule has 25 heavy (non-hydrogen) atoms. The number of methoxy groups -OCH3 is 1. The van der Waals surface area contributed by atoms with E-state index in [9.17, 15) is 10.0 Å². The van der Waals surface area contributed by atoms with Gasteiger partial charge in [0.05, 0.1) is 17.7 Å². The first-order chi connectivity index (χ1) is 12.1. The van der Waals surface area contributed by atoms with Crippen LogP contribution in [0.25, 0.3) is 21.7 Å². The normalized spacial score (nSPS) is 10.5. The van der Waals surface area contributed by atoms with E-state index in [1.807, 2.05) is 24.3 Å². The molecule has 2 aromatic heterocycles. The fourth-order valence-corrected chi connectivity index (χ4v) is 3.29. The third-order valence-corrected chi connectivity index (χ3v) is 4.64. The maximum Gasteiger partial charge on any atom is 0.225 e. The van der Waals surface area contributed by atoms with E-state index in [1.165, 1.54) is 23.7 Å². The molecule has 0 atom stereocenters. The van der Waals surface area contributed by atoms with Gasteiger partial charge in [-0.05, 0) is 24.3 Å². The number of carbonyl (C=O) groups is 1. The second-order valence-corrected chi connectivity index (χ2v) is 6.27. The van der Waals surface area contributed by atoms with Crippen LogP contribution in [0.2, 0.25) is 0 Å². The molecule has 3 rings (SSSR count). The molecule has 0 aliphatic rings. The average Bonchev–Trinajstić information content (AvgIpc) is 3.06. The molecule has 0 unspecified atom stereocenters. The van der Waals surface area contributed by atoms with Gasteiger partial charge in [-0.3, -0.25) is 4.79 Å². The summed E-state index contributed by atoms with van der Waals surface area (Å²) < 4.78 is 5.93. The molecule has 7 heteroatoms. The number of ether oxygens (including phenoxy) is 1. The molecular weight excluding hydrogens is 338 g/mol. The van der Waals surface area contributed by atoms with Gasteiger partial charge in [0.25, 0.3) is 0 Å². The van der Waals surface area contributed by atoms with Crippen LogP contribution < -0.4 is 14.8 Å². The van der Waals surface area contributed by atoms with Gasteiger partial charge in [-0.15, -0.1) is 0 Å². The number of carbonyl (C=O) groups excluding carboxylic acids is 1. The van der Waals surface area contributed by atoms with Crippen LogP contribution in [0.5, 0.6) is 5.75 Å². The van der Waals surface area contributed by atoms with Crippen molar-refractivity contribution in [2.75, 3.05) is 12.4 Å². The van der Waals surface area contributed by atoms with Crippen molar-refractivity contribution < 1.29 is 14.3 Å². The minimum absolute atomic E-state index is 0.0907. The molecule has 1 N–H and O–H groups in total. The lowest BCUT2D eigenvalue weighted by Gasteiger charge is -2.04. The van der Waals surface area contributed by atoms with Crippen LogP contribution in [0.3, 0.4) is 0 Å². The number of benzene rings is 1. The Kier molecular flexibility index (Phi) is 4.95. The maximum absolute atomic E-state index is 11.7. The van der Waals surface area contributed by atoms with Crippen molar-refractivity contribution in [3.05, 3.63) is 54.0 Å². The highest BCUT2D eigenvalue weighted by atomic mass is 32.1. The summed E-state index contributed by atoms with van der Waals surface area (Å²) in [7, 11) is 1.61. The number of nitrogens with one attached hydrogen (secondary N) is 1. The number of amides is 1. The third-order valence-electron chi connectivity index (χ3n) is 3.62. The topological polar surface area (TPSA) is 78.2 Å². The number of hydrogen-bond acceptors (Lipinski definition) is 5. The number of aromatic nitrogens is 2. The van der Waals surface area contributed by atoms with Crippen LogP contribution in [0.4, 0.5) is 5.13 Å². The molecule has 0 spiro atoms. The first-order valence-corrected chi connectivity index (χ1v) is 8.56. The Labute approximate surface area is 149 Å². The largest absolute Gasteiger partial charge is 0.619 e. The van der Waals surface area contributed by atoms with Crippen LogP contribution in [-0.4, -0.2) is 18.0 Å². The molecule has 0 saturated carbocycles. The maximum atomic E-state index is 11.7. The Hall–Kier alpha value is -2.93. The zero-order chi connectivity index (χ0) is 17.8. The minimum atomic E-state index is -0.0907. The van der Waals surface area contributed by atoms with E-state index in [4.69, 9.17) is 4.74 Å². The standard InChI is InChI=1S/C18H17N3O3S/c1-3-15(22)19-18-20-16(12-4-6-14(24-2)7-5-12)17(25-18)13-8-10-21(23)11-9-13/h4-11H,3H2,1-2H3,(H,19,20,22). The van der Waals surface area contributed by atoms with Crippen molar-refractivity contribution in [2.24, 2.45) is 0 Å². The smallest absolute Gasteiger partial charge is 0.225 e. The Bertz CT molecular complexity index is 874. The fraction of sp³-hybridized carbons (Fsp3) is 0.167. The van der Waals surface area contributed by atoms with Crippen LogP contribution in [0.15, 0.2) is 48.8 Å². The van der Waals surface area contributed by atoms with E-state index in [1.54, 1.807) is 26.2 Å². The highest BCUT2D eigenvalue weighted by Crippen LogP contribution is 2.39. The van der Waals surface area contributed by atoms with Gasteiger partial charge in [-0.25, -0.2) is 4.98 Å². The summed E-state index contributed by atoms with van der Waals surface area (Å²) in [4.78, 5) is 17.2. The summed E-state index contributed by atoms with van der Waals surface area (Å²) >= 11 is 1.38. The summed E-state index contributed by atoms with van der Waals surface area (Å²) in [5, 5.41) is 14.6. The van der Waals surface area contributed by atoms with Crippen molar-refractivity contribution in [3.63, 3.8) is 0 Å². The first-order valence-electron chi connectivity index (χ1n) is 7.75. The molecule has 0 aliphatic heterocycles. The average molecular weight is 355 g/mol. The molecule has 1 aromatic carbocycles. The Morgan fingerprint density at radius 3 is 2.48 bits per heavy atom. The molecule has 0 saturated heterocycles. The van der Waals surface area contributed by atoms with Gasteiger partial charge in [0.15, 0.2) is 17.5 Å². The lowest BCUT2D eigenvalue weighted by atomic mass is 10.1. The van der Waals surface area contributed by atoms with Crippen LogP contribution in [0, 0.1) is 5.21 Å². The lowest BCUT2D eigenvalue weighted by Crippen LogP contribution is -2.23. The molecule has 128 valence electrons. The predicted octanol–water partition coefficient (Wildman–Crippen LogP) is 3.47. The summed E-state index contributed by atoms with van der Waals surface area (Å²) in [5.41, 5.74) is 2.53. The van der Waals surface area contributed by atoms with Crippen molar-refractivity contribution >= 4 is 22.4 Å². The molecule has 1 amide bonds.